The molecule has 1 aromatic carbocycles. The van der Waals surface area contributed by atoms with Crippen LogP contribution in [0.3, 0.4) is 0 Å². The summed E-state index contributed by atoms with van der Waals surface area (Å²) in [4.78, 5) is 0. The summed E-state index contributed by atoms with van der Waals surface area (Å²) in [7, 11) is 0. The topological polar surface area (TPSA) is 41.5 Å². The minimum absolute atomic E-state index is 0.258. The van der Waals surface area contributed by atoms with Gasteiger partial charge in [0.15, 0.2) is 0 Å². The van der Waals surface area contributed by atoms with Crippen LogP contribution in [0.5, 0.6) is 5.75 Å². The van der Waals surface area contributed by atoms with Crippen LogP contribution in [0.25, 0.3) is 0 Å². The zero-order chi connectivity index (χ0) is 11.8. The van der Waals surface area contributed by atoms with E-state index in [0.717, 1.165) is 23.2 Å². The van der Waals surface area contributed by atoms with Crippen LogP contribution in [0.2, 0.25) is 0 Å². The predicted molar refractivity (Wildman–Crippen MR) is 68.8 cm³/mol. The molecule has 1 unspecified atom stereocenters. The maximum atomic E-state index is 9.30. The zero-order valence-corrected chi connectivity index (χ0v) is 11.0. The molecule has 0 bridgehead atoms. The molecule has 4 heteroatoms. The van der Waals surface area contributed by atoms with Crippen LogP contribution in [-0.4, -0.2) is 30.9 Å². The zero-order valence-electron chi connectivity index (χ0n) is 9.45. The average Bonchev–Trinajstić information content (AvgIpc) is 2.28. The molecule has 1 rings (SSSR count). The molecule has 16 heavy (non-hydrogen) atoms. The van der Waals surface area contributed by atoms with E-state index >= 15 is 0 Å². The lowest BCUT2D eigenvalue weighted by atomic mass is 10.3. The molecular weight excluding hydrogens is 270 g/mol. The highest BCUT2D eigenvalue weighted by Gasteiger charge is 1.99. The van der Waals surface area contributed by atoms with E-state index in [9.17, 15) is 5.11 Å². The van der Waals surface area contributed by atoms with Crippen molar-refractivity contribution < 1.29 is 9.84 Å². The highest BCUT2D eigenvalue weighted by atomic mass is 79.9. The maximum Gasteiger partial charge on any atom is 0.120 e. The Morgan fingerprint density at radius 2 is 2.31 bits per heavy atom. The summed E-state index contributed by atoms with van der Waals surface area (Å²) in [5, 5.41) is 12.4. The largest absolute Gasteiger partial charge is 0.492 e. The van der Waals surface area contributed by atoms with E-state index in [1.807, 2.05) is 31.2 Å². The third-order valence-corrected chi connectivity index (χ3v) is 2.69. The number of rotatable bonds is 7. The first kappa shape index (κ1) is 13.5. The van der Waals surface area contributed by atoms with Crippen molar-refractivity contribution >= 4 is 15.9 Å². The normalized spacial score (nSPS) is 12.4. The van der Waals surface area contributed by atoms with Gasteiger partial charge in [-0.15, -0.1) is 0 Å². The Bertz CT molecular complexity index is 307. The van der Waals surface area contributed by atoms with E-state index in [-0.39, 0.29) is 6.10 Å². The molecule has 0 amide bonds. The average molecular weight is 288 g/mol. The highest BCUT2D eigenvalue weighted by Crippen LogP contribution is 2.17. The standard InChI is InChI=1S/C12H18BrNO2/c1-2-11(15)9-14-6-7-16-12-5-3-4-10(13)8-12/h3-5,8,11,14-15H,2,6-7,9H2,1H3. The van der Waals surface area contributed by atoms with Crippen molar-refractivity contribution in [3.63, 3.8) is 0 Å². The number of hydrogen-bond acceptors (Lipinski definition) is 3. The highest BCUT2D eigenvalue weighted by molar-refractivity contribution is 9.10. The Balaban J connectivity index is 2.12. The lowest BCUT2D eigenvalue weighted by Crippen LogP contribution is -2.29. The summed E-state index contributed by atoms with van der Waals surface area (Å²) in [6.07, 6.45) is 0.519. The van der Waals surface area contributed by atoms with Gasteiger partial charge in [-0.25, -0.2) is 0 Å². The number of aliphatic hydroxyl groups excluding tert-OH is 1. The van der Waals surface area contributed by atoms with Crippen LogP contribution in [0, 0.1) is 0 Å². The molecule has 1 atom stereocenters. The Hall–Kier alpha value is -0.580. The molecule has 0 spiro atoms. The molecule has 3 nitrogen and oxygen atoms in total. The fourth-order valence-electron chi connectivity index (χ4n) is 1.21. The number of hydrogen-bond donors (Lipinski definition) is 2. The van der Waals surface area contributed by atoms with E-state index in [2.05, 4.69) is 21.2 Å². The van der Waals surface area contributed by atoms with E-state index in [0.29, 0.717) is 13.2 Å². The van der Waals surface area contributed by atoms with Crippen molar-refractivity contribution in [2.75, 3.05) is 19.7 Å². The van der Waals surface area contributed by atoms with Gasteiger partial charge in [-0.3, -0.25) is 0 Å². The molecule has 90 valence electrons. The Labute approximate surface area is 105 Å². The van der Waals surface area contributed by atoms with E-state index in [1.54, 1.807) is 0 Å². The first-order valence-corrected chi connectivity index (χ1v) is 6.29. The summed E-state index contributed by atoms with van der Waals surface area (Å²) in [5.74, 6) is 0.854. The molecule has 0 aromatic heterocycles. The second kappa shape index (κ2) is 7.65. The van der Waals surface area contributed by atoms with E-state index < -0.39 is 0 Å². The van der Waals surface area contributed by atoms with Gasteiger partial charge in [0.2, 0.25) is 0 Å². The number of nitrogens with one attached hydrogen (secondary N) is 1. The molecule has 0 radical (unpaired) electrons. The fraction of sp³-hybridized carbons (Fsp3) is 0.500. The summed E-state index contributed by atoms with van der Waals surface area (Å²) in [5.41, 5.74) is 0. The van der Waals surface area contributed by atoms with Crippen LogP contribution < -0.4 is 10.1 Å². The quantitative estimate of drug-likeness (QED) is 0.756. The van der Waals surface area contributed by atoms with E-state index in [4.69, 9.17) is 4.74 Å². The Kier molecular flexibility index (Phi) is 6.45. The van der Waals surface area contributed by atoms with Crippen LogP contribution in [0.4, 0.5) is 0 Å². The molecule has 2 N–H and O–H groups in total. The number of halogens is 1. The summed E-state index contributed by atoms with van der Waals surface area (Å²) in [6, 6.07) is 7.75. The maximum absolute atomic E-state index is 9.30. The molecule has 0 heterocycles. The second-order valence-electron chi connectivity index (χ2n) is 3.57. The fourth-order valence-corrected chi connectivity index (χ4v) is 1.59. The number of aliphatic hydroxyl groups is 1. The molecule has 0 aliphatic carbocycles. The Morgan fingerprint density at radius 1 is 1.50 bits per heavy atom. The van der Waals surface area contributed by atoms with Gasteiger partial charge in [-0.2, -0.15) is 0 Å². The van der Waals surface area contributed by atoms with Crippen LogP contribution in [-0.2, 0) is 0 Å². The minimum Gasteiger partial charge on any atom is -0.492 e. The van der Waals surface area contributed by atoms with Gasteiger partial charge in [0.1, 0.15) is 12.4 Å². The summed E-state index contributed by atoms with van der Waals surface area (Å²) < 4.78 is 6.54. The van der Waals surface area contributed by atoms with Gasteiger partial charge < -0.3 is 15.2 Å². The molecule has 0 saturated heterocycles. The van der Waals surface area contributed by atoms with Crippen molar-refractivity contribution in [2.24, 2.45) is 0 Å². The van der Waals surface area contributed by atoms with Gasteiger partial charge in [0.25, 0.3) is 0 Å². The second-order valence-corrected chi connectivity index (χ2v) is 4.49. The molecule has 0 saturated carbocycles. The molecule has 1 aromatic rings. The van der Waals surface area contributed by atoms with Gasteiger partial charge in [-0.05, 0) is 24.6 Å². The van der Waals surface area contributed by atoms with Crippen molar-refractivity contribution in [3.8, 4) is 5.75 Å². The first-order valence-electron chi connectivity index (χ1n) is 5.49. The lowest BCUT2D eigenvalue weighted by Gasteiger charge is -2.10. The lowest BCUT2D eigenvalue weighted by molar-refractivity contribution is 0.165. The van der Waals surface area contributed by atoms with Crippen LogP contribution in [0.15, 0.2) is 28.7 Å². The van der Waals surface area contributed by atoms with Gasteiger partial charge in [0, 0.05) is 17.6 Å². The third-order valence-electron chi connectivity index (χ3n) is 2.19. The van der Waals surface area contributed by atoms with Crippen molar-refractivity contribution in [1.29, 1.82) is 0 Å². The van der Waals surface area contributed by atoms with Crippen molar-refractivity contribution in [2.45, 2.75) is 19.4 Å². The summed E-state index contributed by atoms with van der Waals surface area (Å²) in [6.45, 7) is 3.93. The van der Waals surface area contributed by atoms with E-state index in [1.165, 1.54) is 0 Å². The number of ether oxygens (including phenoxy) is 1. The predicted octanol–water partition coefficient (Wildman–Crippen LogP) is 2.19. The third kappa shape index (κ3) is 5.49. The SMILES string of the molecule is CCC(O)CNCCOc1cccc(Br)c1. The van der Waals surface area contributed by atoms with Gasteiger partial charge in [0.05, 0.1) is 6.10 Å². The van der Waals surface area contributed by atoms with Gasteiger partial charge in [-0.1, -0.05) is 28.9 Å². The minimum atomic E-state index is -0.258. The first-order chi connectivity index (χ1) is 7.72. The Morgan fingerprint density at radius 3 is 3.00 bits per heavy atom. The summed E-state index contributed by atoms with van der Waals surface area (Å²) >= 11 is 3.38. The number of benzene rings is 1. The van der Waals surface area contributed by atoms with Crippen LogP contribution in [0.1, 0.15) is 13.3 Å². The monoisotopic (exact) mass is 287 g/mol. The van der Waals surface area contributed by atoms with Crippen molar-refractivity contribution in [1.82, 2.24) is 5.32 Å². The smallest absolute Gasteiger partial charge is 0.120 e. The van der Waals surface area contributed by atoms with Gasteiger partial charge >= 0.3 is 0 Å². The van der Waals surface area contributed by atoms with Crippen LogP contribution >= 0.6 is 15.9 Å². The van der Waals surface area contributed by atoms with Crippen molar-refractivity contribution in [3.05, 3.63) is 28.7 Å². The molecule has 0 aliphatic heterocycles. The molecule has 0 fully saturated rings. The molecule has 0 aliphatic rings. The molecular formula is C12H18BrNO2.